The van der Waals surface area contributed by atoms with Gasteiger partial charge in [0.15, 0.2) is 0 Å². The van der Waals surface area contributed by atoms with Gasteiger partial charge in [-0.05, 0) is 55.5 Å². The van der Waals surface area contributed by atoms with E-state index in [1.165, 1.54) is 27.8 Å². The molecular formula is C25H35N5O2. The number of hydrogen-bond acceptors (Lipinski definition) is 6. The highest BCUT2D eigenvalue weighted by atomic mass is 16.5. The number of amides is 1. The van der Waals surface area contributed by atoms with Crippen molar-refractivity contribution in [3.05, 3.63) is 45.4 Å². The molecular weight excluding hydrogens is 402 g/mol. The Morgan fingerprint density at radius 1 is 1.22 bits per heavy atom. The Labute approximate surface area is 191 Å². The van der Waals surface area contributed by atoms with Crippen molar-refractivity contribution >= 4 is 11.7 Å². The lowest BCUT2D eigenvalue weighted by Crippen LogP contribution is -2.33. The van der Waals surface area contributed by atoms with E-state index in [0.29, 0.717) is 0 Å². The third-order valence-corrected chi connectivity index (χ3v) is 7.20. The average molecular weight is 438 g/mol. The van der Waals surface area contributed by atoms with Crippen LogP contribution in [0, 0.1) is 20.8 Å². The molecule has 0 bridgehead atoms. The average Bonchev–Trinajstić information content (AvgIpc) is 3.29. The summed E-state index contributed by atoms with van der Waals surface area (Å²) in [7, 11) is 3.67. The van der Waals surface area contributed by atoms with E-state index in [2.05, 4.69) is 37.1 Å². The molecule has 3 heterocycles. The lowest BCUT2D eigenvalue weighted by Gasteiger charge is -2.31. The van der Waals surface area contributed by atoms with E-state index in [0.717, 1.165) is 68.7 Å². The third-order valence-electron chi connectivity index (χ3n) is 7.20. The van der Waals surface area contributed by atoms with E-state index in [1.807, 2.05) is 11.9 Å². The van der Waals surface area contributed by atoms with Gasteiger partial charge in [0.05, 0.1) is 12.8 Å². The smallest absolute Gasteiger partial charge is 0.219 e. The second-order valence-electron chi connectivity index (χ2n) is 9.14. The molecule has 32 heavy (non-hydrogen) atoms. The quantitative estimate of drug-likeness (QED) is 0.774. The Morgan fingerprint density at radius 2 is 2.00 bits per heavy atom. The zero-order valence-electron chi connectivity index (χ0n) is 20.2. The number of anilines is 1. The maximum atomic E-state index is 11.7. The normalized spacial score (nSPS) is 18.6. The minimum Gasteiger partial charge on any atom is -0.496 e. The molecule has 2 aromatic rings. The number of ether oxygens (including phenoxy) is 1. The molecule has 1 amide bonds. The summed E-state index contributed by atoms with van der Waals surface area (Å²) in [4.78, 5) is 26.0. The second kappa shape index (κ2) is 9.06. The standard InChI is InChI=1S/C25H35N5O2/c1-15-11-23(32-6)17(3)16(2)20(15)13-29-9-8-22-21(14-29)25(26-5)28-24(27-22)19-7-10-30(12-19)18(4)31/h11,19H,7-10,12-14H2,1-6H3,(H,26,27,28). The van der Waals surface area contributed by atoms with Gasteiger partial charge in [0.2, 0.25) is 5.91 Å². The number of nitrogens with zero attached hydrogens (tertiary/aromatic N) is 4. The Kier molecular flexibility index (Phi) is 6.38. The summed E-state index contributed by atoms with van der Waals surface area (Å²) in [6, 6.07) is 2.15. The van der Waals surface area contributed by atoms with E-state index in [4.69, 9.17) is 14.7 Å². The zero-order valence-corrected chi connectivity index (χ0v) is 20.2. The van der Waals surface area contributed by atoms with Crippen LogP contribution >= 0.6 is 0 Å². The number of carbonyl (C=O) groups excluding carboxylic acids is 1. The summed E-state index contributed by atoms with van der Waals surface area (Å²) in [6.45, 7) is 12.4. The fourth-order valence-corrected chi connectivity index (χ4v) is 5.05. The summed E-state index contributed by atoms with van der Waals surface area (Å²) < 4.78 is 5.54. The molecule has 0 spiro atoms. The van der Waals surface area contributed by atoms with Crippen LogP contribution in [-0.2, 0) is 24.3 Å². The van der Waals surface area contributed by atoms with E-state index in [-0.39, 0.29) is 11.8 Å². The van der Waals surface area contributed by atoms with E-state index >= 15 is 0 Å². The number of fused-ring (bicyclic) bond motifs is 1. The zero-order chi connectivity index (χ0) is 23.0. The maximum absolute atomic E-state index is 11.7. The van der Waals surface area contributed by atoms with Crippen molar-refractivity contribution in [2.75, 3.05) is 39.1 Å². The van der Waals surface area contributed by atoms with Crippen LogP contribution in [0.4, 0.5) is 5.82 Å². The van der Waals surface area contributed by atoms with Crippen LogP contribution < -0.4 is 10.1 Å². The van der Waals surface area contributed by atoms with Crippen LogP contribution in [0.2, 0.25) is 0 Å². The molecule has 1 aromatic carbocycles. The van der Waals surface area contributed by atoms with Gasteiger partial charge in [-0.3, -0.25) is 9.69 Å². The fraction of sp³-hybridized carbons (Fsp3) is 0.560. The molecule has 1 saturated heterocycles. The maximum Gasteiger partial charge on any atom is 0.219 e. The molecule has 1 atom stereocenters. The summed E-state index contributed by atoms with van der Waals surface area (Å²) >= 11 is 0. The van der Waals surface area contributed by atoms with Gasteiger partial charge in [0.1, 0.15) is 17.4 Å². The van der Waals surface area contributed by atoms with Gasteiger partial charge >= 0.3 is 0 Å². The van der Waals surface area contributed by atoms with Gasteiger partial charge in [0, 0.05) is 64.6 Å². The summed E-state index contributed by atoms with van der Waals surface area (Å²) in [5.41, 5.74) is 7.52. The number of likely N-dealkylation sites (tertiary alicyclic amines) is 1. The van der Waals surface area contributed by atoms with E-state index < -0.39 is 0 Å². The minimum absolute atomic E-state index is 0.134. The molecule has 7 heteroatoms. The monoisotopic (exact) mass is 437 g/mol. The number of hydrogen-bond donors (Lipinski definition) is 1. The van der Waals surface area contributed by atoms with E-state index in [9.17, 15) is 4.79 Å². The van der Waals surface area contributed by atoms with Crippen molar-refractivity contribution in [3.8, 4) is 5.75 Å². The number of benzene rings is 1. The Morgan fingerprint density at radius 3 is 2.66 bits per heavy atom. The number of rotatable bonds is 5. The lowest BCUT2D eigenvalue weighted by molar-refractivity contribution is -0.127. The molecule has 0 saturated carbocycles. The van der Waals surface area contributed by atoms with Crippen molar-refractivity contribution in [2.24, 2.45) is 0 Å². The van der Waals surface area contributed by atoms with E-state index in [1.54, 1.807) is 14.0 Å². The number of aromatic nitrogens is 2. The fourth-order valence-electron chi connectivity index (χ4n) is 5.05. The molecule has 0 radical (unpaired) electrons. The molecule has 1 aromatic heterocycles. The van der Waals surface area contributed by atoms with Crippen molar-refractivity contribution in [1.29, 1.82) is 0 Å². The number of carbonyl (C=O) groups is 1. The Hall–Kier alpha value is -2.67. The van der Waals surface area contributed by atoms with Crippen molar-refractivity contribution in [3.63, 3.8) is 0 Å². The highest BCUT2D eigenvalue weighted by Crippen LogP contribution is 2.32. The van der Waals surface area contributed by atoms with Gasteiger partial charge in [-0.15, -0.1) is 0 Å². The van der Waals surface area contributed by atoms with Gasteiger partial charge in [-0.25, -0.2) is 9.97 Å². The summed E-state index contributed by atoms with van der Waals surface area (Å²) in [5.74, 6) is 3.12. The summed E-state index contributed by atoms with van der Waals surface area (Å²) in [5, 5.41) is 3.31. The Bertz CT molecular complexity index is 1020. The third kappa shape index (κ3) is 4.18. The topological polar surface area (TPSA) is 70.6 Å². The largest absolute Gasteiger partial charge is 0.496 e. The SMILES string of the molecule is CNc1nc(C2CCN(C(C)=O)C2)nc2c1CN(Cc1c(C)cc(OC)c(C)c1C)CC2. The first-order valence-corrected chi connectivity index (χ1v) is 11.5. The molecule has 1 N–H and O–H groups in total. The molecule has 0 aliphatic carbocycles. The molecule has 172 valence electrons. The van der Waals surface area contributed by atoms with Gasteiger partial charge < -0.3 is 15.0 Å². The molecule has 2 aliphatic heterocycles. The molecule has 1 unspecified atom stereocenters. The Balaban J connectivity index is 1.56. The van der Waals surface area contributed by atoms with Crippen LogP contribution in [0.5, 0.6) is 5.75 Å². The second-order valence-corrected chi connectivity index (χ2v) is 9.14. The first-order chi connectivity index (χ1) is 15.3. The molecule has 7 nitrogen and oxygen atoms in total. The number of nitrogens with one attached hydrogen (secondary N) is 1. The van der Waals surface area contributed by atoms with Crippen LogP contribution in [0.25, 0.3) is 0 Å². The highest BCUT2D eigenvalue weighted by Gasteiger charge is 2.30. The first kappa shape index (κ1) is 22.5. The van der Waals surface area contributed by atoms with Gasteiger partial charge in [-0.2, -0.15) is 0 Å². The van der Waals surface area contributed by atoms with Gasteiger partial charge in [0.25, 0.3) is 0 Å². The van der Waals surface area contributed by atoms with Gasteiger partial charge in [-0.1, -0.05) is 0 Å². The molecule has 1 fully saturated rings. The lowest BCUT2D eigenvalue weighted by atomic mass is 9.96. The highest BCUT2D eigenvalue weighted by molar-refractivity contribution is 5.73. The van der Waals surface area contributed by atoms with Crippen LogP contribution in [-0.4, -0.2) is 59.5 Å². The number of methoxy groups -OCH3 is 1. The minimum atomic E-state index is 0.134. The van der Waals surface area contributed by atoms with Crippen molar-refractivity contribution in [1.82, 2.24) is 19.8 Å². The summed E-state index contributed by atoms with van der Waals surface area (Å²) in [6.07, 6.45) is 1.85. The van der Waals surface area contributed by atoms with Crippen LogP contribution in [0.15, 0.2) is 6.07 Å². The molecule has 2 aliphatic rings. The predicted molar refractivity (Wildman–Crippen MR) is 126 cm³/mol. The number of aryl methyl sites for hydroxylation is 1. The van der Waals surface area contributed by atoms with Crippen molar-refractivity contribution in [2.45, 2.75) is 59.5 Å². The predicted octanol–water partition coefficient (Wildman–Crippen LogP) is 3.35. The first-order valence-electron chi connectivity index (χ1n) is 11.5. The van der Waals surface area contributed by atoms with Crippen molar-refractivity contribution < 1.29 is 9.53 Å². The molecule has 4 rings (SSSR count). The van der Waals surface area contributed by atoms with Crippen LogP contribution in [0.3, 0.4) is 0 Å². The van der Waals surface area contributed by atoms with Crippen LogP contribution in [0.1, 0.15) is 58.6 Å².